The van der Waals surface area contributed by atoms with Gasteiger partial charge in [-0.1, -0.05) is 12.1 Å². The minimum atomic E-state index is 0.350. The van der Waals surface area contributed by atoms with Gasteiger partial charge in [0.05, 0.1) is 0 Å². The van der Waals surface area contributed by atoms with E-state index in [0.29, 0.717) is 12.7 Å². The number of hydrogen-bond donors (Lipinski definition) is 1. The van der Waals surface area contributed by atoms with Crippen LogP contribution in [0.3, 0.4) is 0 Å². The number of nitrogens with one attached hydrogen (secondary N) is 1. The Labute approximate surface area is 147 Å². The summed E-state index contributed by atoms with van der Waals surface area (Å²) >= 11 is 0. The van der Waals surface area contributed by atoms with Gasteiger partial charge in [-0.05, 0) is 78.7 Å². The lowest BCUT2D eigenvalue weighted by molar-refractivity contribution is 0.174. The van der Waals surface area contributed by atoms with Crippen LogP contribution in [0.5, 0.6) is 11.5 Å². The molecule has 0 atom stereocenters. The lowest BCUT2D eigenvalue weighted by atomic mass is 9.89. The summed E-state index contributed by atoms with van der Waals surface area (Å²) in [5, 5.41) is 1.30. The molecule has 0 saturated carbocycles. The van der Waals surface area contributed by atoms with Gasteiger partial charge in [0.15, 0.2) is 11.5 Å². The highest BCUT2D eigenvalue weighted by molar-refractivity contribution is 5.79. The maximum atomic E-state index is 5.52. The van der Waals surface area contributed by atoms with Crippen LogP contribution in [-0.4, -0.2) is 29.8 Å². The van der Waals surface area contributed by atoms with Crippen LogP contribution in [-0.2, 0) is 6.54 Å². The fraction of sp³-hybridized carbons (Fsp3) is 0.333. The average Bonchev–Trinajstić information content (AvgIpc) is 3.30. The molecule has 1 fully saturated rings. The van der Waals surface area contributed by atoms with Gasteiger partial charge in [0.2, 0.25) is 6.79 Å². The molecule has 1 aromatic heterocycles. The summed E-state index contributed by atoms with van der Waals surface area (Å²) in [4.78, 5) is 5.83. The lowest BCUT2D eigenvalue weighted by Crippen LogP contribution is -2.32. The number of H-pyrrole nitrogens is 1. The SMILES string of the molecule is c1cc2cc(CN3CCC(c4ccc5c(c4)OCO5)CC3)ccc2[nH]1. The summed E-state index contributed by atoms with van der Waals surface area (Å²) in [7, 11) is 0. The van der Waals surface area contributed by atoms with E-state index in [2.05, 4.69) is 52.3 Å². The molecule has 0 radical (unpaired) electrons. The highest BCUT2D eigenvalue weighted by Crippen LogP contribution is 2.37. The van der Waals surface area contributed by atoms with E-state index in [1.807, 2.05) is 6.20 Å². The number of ether oxygens (including phenoxy) is 2. The molecule has 0 unspecified atom stereocenters. The van der Waals surface area contributed by atoms with Crippen molar-refractivity contribution in [1.29, 1.82) is 0 Å². The first-order chi connectivity index (χ1) is 12.3. The Kier molecular flexibility index (Phi) is 3.63. The van der Waals surface area contributed by atoms with E-state index in [0.717, 1.165) is 31.1 Å². The number of nitrogens with zero attached hydrogens (tertiary/aromatic N) is 1. The standard InChI is InChI=1S/C21H22N2O2/c1-3-19-18(5-8-22-19)11-15(1)13-23-9-6-16(7-10-23)17-2-4-20-21(12-17)25-14-24-20/h1-5,8,11-12,16,22H,6-7,9-10,13-14H2. The summed E-state index contributed by atoms with van der Waals surface area (Å²) in [6.45, 7) is 3.67. The molecule has 4 heteroatoms. The Balaban J connectivity index is 1.23. The van der Waals surface area contributed by atoms with Gasteiger partial charge < -0.3 is 14.5 Å². The van der Waals surface area contributed by atoms with Crippen LogP contribution in [0, 0.1) is 0 Å². The molecule has 1 N–H and O–H groups in total. The highest BCUT2D eigenvalue weighted by Gasteiger charge is 2.23. The van der Waals surface area contributed by atoms with Crippen molar-refractivity contribution in [2.24, 2.45) is 0 Å². The summed E-state index contributed by atoms with van der Waals surface area (Å²) < 4.78 is 10.9. The number of likely N-dealkylation sites (tertiary alicyclic amines) is 1. The van der Waals surface area contributed by atoms with Gasteiger partial charge in [0.25, 0.3) is 0 Å². The number of aromatic nitrogens is 1. The molecule has 2 aliphatic heterocycles. The first-order valence-corrected chi connectivity index (χ1v) is 9.03. The quantitative estimate of drug-likeness (QED) is 0.777. The van der Waals surface area contributed by atoms with Crippen molar-refractivity contribution >= 4 is 10.9 Å². The number of piperidine rings is 1. The molecule has 2 aliphatic rings. The largest absolute Gasteiger partial charge is 0.454 e. The van der Waals surface area contributed by atoms with Gasteiger partial charge >= 0.3 is 0 Å². The molecule has 0 amide bonds. The summed E-state index contributed by atoms with van der Waals surface area (Å²) in [6.07, 6.45) is 4.41. The molecule has 4 nitrogen and oxygen atoms in total. The average molecular weight is 334 g/mol. The van der Waals surface area contributed by atoms with Crippen LogP contribution in [0.25, 0.3) is 10.9 Å². The number of aromatic amines is 1. The second kappa shape index (κ2) is 6.12. The van der Waals surface area contributed by atoms with E-state index in [9.17, 15) is 0 Å². The second-order valence-corrected chi connectivity index (χ2v) is 7.06. The van der Waals surface area contributed by atoms with Gasteiger partial charge in [-0.25, -0.2) is 0 Å². The molecule has 2 aromatic carbocycles. The second-order valence-electron chi connectivity index (χ2n) is 7.06. The van der Waals surface area contributed by atoms with E-state index in [4.69, 9.17) is 9.47 Å². The van der Waals surface area contributed by atoms with Crippen LogP contribution in [0.15, 0.2) is 48.7 Å². The Morgan fingerprint density at radius 2 is 1.84 bits per heavy atom. The van der Waals surface area contributed by atoms with Gasteiger partial charge in [-0.2, -0.15) is 0 Å². The molecule has 0 aliphatic carbocycles. The molecule has 25 heavy (non-hydrogen) atoms. The molecule has 0 spiro atoms. The van der Waals surface area contributed by atoms with Crippen molar-refractivity contribution in [2.75, 3.05) is 19.9 Å². The fourth-order valence-corrected chi connectivity index (χ4v) is 4.05. The summed E-state index contributed by atoms with van der Waals surface area (Å²) in [5.74, 6) is 2.40. The zero-order chi connectivity index (χ0) is 16.6. The van der Waals surface area contributed by atoms with Crippen molar-refractivity contribution in [3.05, 3.63) is 59.8 Å². The van der Waals surface area contributed by atoms with Crippen LogP contribution in [0.4, 0.5) is 0 Å². The van der Waals surface area contributed by atoms with Crippen LogP contribution in [0.1, 0.15) is 29.9 Å². The third-order valence-corrected chi connectivity index (χ3v) is 5.48. The first-order valence-electron chi connectivity index (χ1n) is 9.03. The monoisotopic (exact) mass is 334 g/mol. The van der Waals surface area contributed by atoms with Crippen LogP contribution < -0.4 is 9.47 Å². The molecule has 5 rings (SSSR count). The molecule has 3 aromatic rings. The number of benzene rings is 2. The summed E-state index contributed by atoms with van der Waals surface area (Å²) in [6, 6.07) is 15.3. The third-order valence-electron chi connectivity index (χ3n) is 5.48. The molecule has 0 bridgehead atoms. The van der Waals surface area contributed by atoms with Gasteiger partial charge in [0.1, 0.15) is 0 Å². The topological polar surface area (TPSA) is 37.5 Å². The van der Waals surface area contributed by atoms with Crippen molar-refractivity contribution < 1.29 is 9.47 Å². The number of fused-ring (bicyclic) bond motifs is 2. The zero-order valence-electron chi connectivity index (χ0n) is 14.2. The predicted molar refractivity (Wildman–Crippen MR) is 98.1 cm³/mol. The molecular weight excluding hydrogens is 312 g/mol. The Morgan fingerprint density at radius 3 is 2.76 bits per heavy atom. The van der Waals surface area contributed by atoms with Gasteiger partial charge in [0, 0.05) is 18.3 Å². The molecule has 1 saturated heterocycles. The Hall–Kier alpha value is -2.46. The van der Waals surface area contributed by atoms with Crippen LogP contribution in [0.2, 0.25) is 0 Å². The lowest BCUT2D eigenvalue weighted by Gasteiger charge is -2.32. The van der Waals surface area contributed by atoms with E-state index in [1.165, 1.54) is 34.9 Å². The molecule has 3 heterocycles. The summed E-state index contributed by atoms with van der Waals surface area (Å²) in [5.41, 5.74) is 4.00. The zero-order valence-corrected chi connectivity index (χ0v) is 14.2. The minimum Gasteiger partial charge on any atom is -0.454 e. The smallest absolute Gasteiger partial charge is 0.231 e. The van der Waals surface area contributed by atoms with Crippen molar-refractivity contribution in [1.82, 2.24) is 9.88 Å². The van der Waals surface area contributed by atoms with E-state index in [1.54, 1.807) is 0 Å². The fourth-order valence-electron chi connectivity index (χ4n) is 4.05. The van der Waals surface area contributed by atoms with Gasteiger partial charge in [-0.3, -0.25) is 4.90 Å². The van der Waals surface area contributed by atoms with E-state index < -0.39 is 0 Å². The van der Waals surface area contributed by atoms with Gasteiger partial charge in [-0.15, -0.1) is 0 Å². The Bertz CT molecular complexity index is 894. The van der Waals surface area contributed by atoms with Crippen molar-refractivity contribution in [3.8, 4) is 11.5 Å². The third kappa shape index (κ3) is 2.87. The molecule has 128 valence electrons. The highest BCUT2D eigenvalue weighted by atomic mass is 16.7. The van der Waals surface area contributed by atoms with Crippen molar-refractivity contribution in [3.63, 3.8) is 0 Å². The number of rotatable bonds is 3. The van der Waals surface area contributed by atoms with E-state index >= 15 is 0 Å². The van der Waals surface area contributed by atoms with Crippen LogP contribution >= 0.6 is 0 Å². The predicted octanol–water partition coefficient (Wildman–Crippen LogP) is 4.28. The Morgan fingerprint density at radius 1 is 0.960 bits per heavy atom. The minimum absolute atomic E-state index is 0.350. The normalized spacial score (nSPS) is 18.1. The van der Waals surface area contributed by atoms with Crippen molar-refractivity contribution in [2.45, 2.75) is 25.3 Å². The first kappa shape index (κ1) is 14.8. The molecular formula is C21H22N2O2. The maximum absolute atomic E-state index is 5.52. The maximum Gasteiger partial charge on any atom is 0.231 e. The van der Waals surface area contributed by atoms with E-state index in [-0.39, 0.29) is 0 Å². The number of hydrogen-bond acceptors (Lipinski definition) is 3.